The number of imidazole rings is 1. The first-order valence-electron chi connectivity index (χ1n) is 10.0. The molecule has 170 valence electrons. The van der Waals surface area contributed by atoms with Crippen molar-refractivity contribution in [2.75, 3.05) is 12.0 Å². The lowest BCUT2D eigenvalue weighted by molar-refractivity contribution is 0.0938. The van der Waals surface area contributed by atoms with Crippen LogP contribution in [-0.4, -0.2) is 43.1 Å². The Morgan fingerprint density at radius 1 is 1.21 bits per heavy atom. The molecule has 33 heavy (non-hydrogen) atoms. The molecule has 0 aliphatic carbocycles. The van der Waals surface area contributed by atoms with Crippen LogP contribution in [0, 0.1) is 0 Å². The van der Waals surface area contributed by atoms with Gasteiger partial charge in [-0.1, -0.05) is 41.9 Å². The Balaban J connectivity index is 1.62. The lowest BCUT2D eigenvalue weighted by atomic mass is 10.2. The molecule has 1 unspecified atom stereocenters. The Labute approximate surface area is 192 Å². The maximum atomic E-state index is 12.6. The maximum absolute atomic E-state index is 12.6. The summed E-state index contributed by atoms with van der Waals surface area (Å²) in [6, 6.07) is 16.1. The summed E-state index contributed by atoms with van der Waals surface area (Å²) in [5.41, 5.74) is 2.64. The second-order valence-electron chi connectivity index (χ2n) is 7.24. The topological polar surface area (TPSA) is 127 Å². The van der Waals surface area contributed by atoms with Crippen LogP contribution in [0.15, 0.2) is 69.3 Å². The number of fused-ring (bicyclic) bond motifs is 1. The molecule has 0 aliphatic rings. The van der Waals surface area contributed by atoms with Gasteiger partial charge in [-0.05, 0) is 29.8 Å². The van der Waals surface area contributed by atoms with Gasteiger partial charge in [-0.25, -0.2) is 10.2 Å². The number of halogens is 1. The summed E-state index contributed by atoms with van der Waals surface area (Å²) in [4.78, 5) is 31.2. The van der Waals surface area contributed by atoms with Crippen LogP contribution in [-0.2, 0) is 13.6 Å². The van der Waals surface area contributed by atoms with E-state index in [9.17, 15) is 14.7 Å². The van der Waals surface area contributed by atoms with Crippen molar-refractivity contribution in [1.82, 2.24) is 19.1 Å². The number of para-hydroxylation sites is 1. The van der Waals surface area contributed by atoms with E-state index < -0.39 is 17.4 Å². The predicted octanol–water partition coefficient (Wildman–Crippen LogP) is 1.96. The molecule has 0 radical (unpaired) electrons. The molecule has 0 aliphatic heterocycles. The molecule has 10 nitrogen and oxygen atoms in total. The van der Waals surface area contributed by atoms with Gasteiger partial charge in [0.25, 0.3) is 5.56 Å². The van der Waals surface area contributed by atoms with Crippen molar-refractivity contribution in [2.24, 2.45) is 12.1 Å². The van der Waals surface area contributed by atoms with Crippen LogP contribution < -0.4 is 21.4 Å². The minimum Gasteiger partial charge on any atom is -0.491 e. The predicted molar refractivity (Wildman–Crippen MR) is 126 cm³/mol. The van der Waals surface area contributed by atoms with E-state index in [-0.39, 0.29) is 30.3 Å². The zero-order valence-electron chi connectivity index (χ0n) is 17.6. The number of H-pyrrole nitrogens is 1. The number of anilines is 1. The lowest BCUT2D eigenvalue weighted by Crippen LogP contribution is -2.30. The average molecular weight is 469 g/mol. The van der Waals surface area contributed by atoms with Gasteiger partial charge in [0.2, 0.25) is 5.95 Å². The number of benzene rings is 2. The van der Waals surface area contributed by atoms with E-state index in [0.29, 0.717) is 10.8 Å². The van der Waals surface area contributed by atoms with Crippen LogP contribution in [0.25, 0.3) is 11.2 Å². The molecule has 2 aromatic carbocycles. The molecule has 3 N–H and O–H groups in total. The molecule has 0 saturated heterocycles. The molecule has 0 amide bonds. The van der Waals surface area contributed by atoms with Gasteiger partial charge in [-0.3, -0.25) is 14.3 Å². The number of nitrogens with zero attached hydrogens (tertiary/aromatic N) is 4. The van der Waals surface area contributed by atoms with E-state index in [1.807, 2.05) is 18.2 Å². The second kappa shape index (κ2) is 9.72. The fourth-order valence-corrected chi connectivity index (χ4v) is 3.31. The Hall–Kier alpha value is -3.89. The molecular formula is C22H21ClN6O4. The minimum absolute atomic E-state index is 0.0131. The highest BCUT2D eigenvalue weighted by atomic mass is 35.5. The summed E-state index contributed by atoms with van der Waals surface area (Å²) in [5.74, 6) is 0.791. The number of aromatic amines is 1. The van der Waals surface area contributed by atoms with E-state index >= 15 is 0 Å². The molecule has 0 fully saturated rings. The van der Waals surface area contributed by atoms with Crippen LogP contribution >= 0.6 is 11.6 Å². The lowest BCUT2D eigenvalue weighted by Gasteiger charge is -2.15. The number of ether oxygens (including phenoxy) is 1. The van der Waals surface area contributed by atoms with Crippen molar-refractivity contribution in [3.63, 3.8) is 0 Å². The van der Waals surface area contributed by atoms with Crippen molar-refractivity contribution in [3.8, 4) is 5.75 Å². The van der Waals surface area contributed by atoms with Crippen molar-refractivity contribution in [1.29, 1.82) is 0 Å². The van der Waals surface area contributed by atoms with Crippen molar-refractivity contribution in [2.45, 2.75) is 12.6 Å². The van der Waals surface area contributed by atoms with Gasteiger partial charge in [0.1, 0.15) is 18.5 Å². The Kier molecular flexibility index (Phi) is 6.57. The molecule has 2 aromatic heterocycles. The van der Waals surface area contributed by atoms with Crippen molar-refractivity contribution < 1.29 is 9.84 Å². The van der Waals surface area contributed by atoms with Crippen LogP contribution in [0.5, 0.6) is 5.75 Å². The van der Waals surface area contributed by atoms with Gasteiger partial charge in [0, 0.05) is 12.1 Å². The van der Waals surface area contributed by atoms with E-state index in [0.717, 1.165) is 5.56 Å². The number of hydrogen-bond donors (Lipinski definition) is 3. The van der Waals surface area contributed by atoms with E-state index in [2.05, 4.69) is 20.5 Å². The minimum atomic E-state index is -0.972. The van der Waals surface area contributed by atoms with Gasteiger partial charge in [0.15, 0.2) is 11.2 Å². The number of rotatable bonds is 8. The molecule has 11 heteroatoms. The zero-order valence-corrected chi connectivity index (χ0v) is 18.4. The summed E-state index contributed by atoms with van der Waals surface area (Å²) < 4.78 is 8.29. The summed E-state index contributed by atoms with van der Waals surface area (Å²) in [5, 5.41) is 15.3. The molecular weight excluding hydrogens is 448 g/mol. The summed E-state index contributed by atoms with van der Waals surface area (Å²) in [6.45, 7) is -0.0374. The van der Waals surface area contributed by atoms with Gasteiger partial charge >= 0.3 is 5.69 Å². The second-order valence-corrected chi connectivity index (χ2v) is 7.67. The van der Waals surface area contributed by atoms with Gasteiger partial charge < -0.3 is 14.4 Å². The number of aliphatic hydroxyl groups is 1. The standard InChI is InChI=1S/C22H21ClN6O4/c1-28-19-18(20(31)26-22(28)32)29(12-16(30)13-33-17-5-3-2-4-6-17)21(25-19)27-24-11-14-7-9-15(23)10-8-14/h2-11,16,30H,12-13H2,1H3,(H,25,27)(H,26,31,32). The average Bonchev–Trinajstić information content (AvgIpc) is 3.17. The van der Waals surface area contributed by atoms with Gasteiger partial charge in [0.05, 0.1) is 12.8 Å². The third kappa shape index (κ3) is 5.13. The summed E-state index contributed by atoms with van der Waals surface area (Å²) in [7, 11) is 1.49. The smallest absolute Gasteiger partial charge is 0.329 e. The van der Waals surface area contributed by atoms with E-state index in [1.165, 1.54) is 16.2 Å². The highest BCUT2D eigenvalue weighted by molar-refractivity contribution is 6.30. The first kappa shape index (κ1) is 22.3. The summed E-state index contributed by atoms with van der Waals surface area (Å²) in [6.07, 6.45) is 0.582. The van der Waals surface area contributed by atoms with Crippen LogP contribution in [0.4, 0.5) is 5.95 Å². The number of hydrazone groups is 1. The van der Waals surface area contributed by atoms with Gasteiger partial charge in [-0.15, -0.1) is 0 Å². The summed E-state index contributed by atoms with van der Waals surface area (Å²) >= 11 is 5.90. The first-order chi connectivity index (χ1) is 15.9. The molecule has 4 aromatic rings. The van der Waals surface area contributed by atoms with Crippen LogP contribution in [0.2, 0.25) is 5.02 Å². The normalized spacial score (nSPS) is 12.3. The molecule has 1 atom stereocenters. The van der Waals surface area contributed by atoms with Crippen molar-refractivity contribution >= 4 is 34.9 Å². The van der Waals surface area contributed by atoms with Gasteiger partial charge in [-0.2, -0.15) is 10.1 Å². The number of nitrogens with one attached hydrogen (secondary N) is 2. The highest BCUT2D eigenvalue weighted by Crippen LogP contribution is 2.17. The molecule has 0 spiro atoms. The molecule has 4 rings (SSSR count). The molecule has 0 bridgehead atoms. The first-order valence-corrected chi connectivity index (χ1v) is 10.4. The Morgan fingerprint density at radius 2 is 1.94 bits per heavy atom. The third-order valence-electron chi connectivity index (χ3n) is 4.83. The quantitative estimate of drug-likeness (QED) is 0.268. The molecule has 2 heterocycles. The third-order valence-corrected chi connectivity index (χ3v) is 5.09. The Morgan fingerprint density at radius 3 is 2.67 bits per heavy atom. The number of aromatic nitrogens is 4. The maximum Gasteiger partial charge on any atom is 0.329 e. The van der Waals surface area contributed by atoms with E-state index in [1.54, 1.807) is 42.6 Å². The van der Waals surface area contributed by atoms with Crippen LogP contribution in [0.1, 0.15) is 5.56 Å². The number of hydrogen-bond acceptors (Lipinski definition) is 7. The fraction of sp³-hybridized carbons (Fsp3) is 0.182. The molecule has 0 saturated carbocycles. The SMILES string of the molecule is Cn1c(=O)[nH]c(=O)c2c1nc(NN=Cc1ccc(Cl)cc1)n2CC(O)COc1ccccc1. The van der Waals surface area contributed by atoms with E-state index in [4.69, 9.17) is 16.3 Å². The fourth-order valence-electron chi connectivity index (χ4n) is 3.18. The van der Waals surface area contributed by atoms with Crippen molar-refractivity contribution in [3.05, 3.63) is 86.0 Å². The van der Waals surface area contributed by atoms with Crippen LogP contribution in [0.3, 0.4) is 0 Å². The number of aliphatic hydroxyl groups excluding tert-OH is 1. The zero-order chi connectivity index (χ0) is 23.4. The Bertz CT molecular complexity index is 1390. The monoisotopic (exact) mass is 468 g/mol. The largest absolute Gasteiger partial charge is 0.491 e. The highest BCUT2D eigenvalue weighted by Gasteiger charge is 2.19. The number of aryl methyl sites for hydroxylation is 1.